The van der Waals surface area contributed by atoms with Crippen molar-refractivity contribution >= 4 is 34.1 Å². The average molecular weight is 219 g/mol. The lowest BCUT2D eigenvalue weighted by molar-refractivity contribution is 1.10. The van der Waals surface area contributed by atoms with E-state index in [0.717, 1.165) is 27.0 Å². The van der Waals surface area contributed by atoms with Crippen molar-refractivity contribution in [2.24, 2.45) is 0 Å². The number of thiol groups is 1. The van der Waals surface area contributed by atoms with Crippen molar-refractivity contribution in [2.75, 3.05) is 0 Å². The lowest BCUT2D eigenvalue weighted by Crippen LogP contribution is -1.82. The van der Waals surface area contributed by atoms with Crippen molar-refractivity contribution in [3.63, 3.8) is 0 Å². The predicted molar refractivity (Wildman–Crippen MR) is 63.2 cm³/mol. The number of hydrogen-bond acceptors (Lipinski definition) is 3. The minimum Gasteiger partial charge on any atom is -0.192 e. The minimum atomic E-state index is 0.753. The second-order valence-electron chi connectivity index (χ2n) is 3.06. The second-order valence-corrected chi connectivity index (χ2v) is 4.39. The van der Waals surface area contributed by atoms with Crippen molar-refractivity contribution < 1.29 is 0 Å². The molecule has 0 fully saturated rings. The molecule has 0 radical (unpaired) electrons. The molecule has 0 bridgehead atoms. The Morgan fingerprint density at radius 1 is 1.50 bits per heavy atom. The molecule has 3 heteroatoms. The molecular weight excluding hydrogens is 210 g/mol. The molecule has 0 atom stereocenters. The highest BCUT2D eigenvalue weighted by Gasteiger charge is 2.08. The van der Waals surface area contributed by atoms with Gasteiger partial charge in [-0.3, -0.25) is 0 Å². The van der Waals surface area contributed by atoms with Crippen LogP contribution in [0, 0.1) is 11.3 Å². The number of thiophene rings is 1. The van der Waals surface area contributed by atoms with E-state index in [9.17, 15) is 0 Å². The van der Waals surface area contributed by atoms with E-state index in [2.05, 4.69) is 31.7 Å². The molecular formula is C11H9NS2. The van der Waals surface area contributed by atoms with Gasteiger partial charge < -0.3 is 0 Å². The summed E-state index contributed by atoms with van der Waals surface area (Å²) in [5.74, 6) is 0. The summed E-state index contributed by atoms with van der Waals surface area (Å²) in [5, 5.41) is 11.8. The standard InChI is InChI=1S/C11H9NS2/c1-2-7-3-4-9-8(5-12)6-14-11(9)10(7)13/h3-4,6,13H,2H2,1H3. The lowest BCUT2D eigenvalue weighted by Gasteiger charge is -2.02. The van der Waals surface area contributed by atoms with Gasteiger partial charge >= 0.3 is 0 Å². The Bertz CT molecular complexity index is 520. The summed E-state index contributed by atoms with van der Waals surface area (Å²) < 4.78 is 1.13. The zero-order valence-electron chi connectivity index (χ0n) is 7.74. The minimum absolute atomic E-state index is 0.753. The third-order valence-electron chi connectivity index (χ3n) is 2.30. The molecule has 0 unspecified atom stereocenters. The van der Waals surface area contributed by atoms with E-state index < -0.39 is 0 Å². The van der Waals surface area contributed by atoms with Gasteiger partial charge in [0.1, 0.15) is 6.07 Å². The van der Waals surface area contributed by atoms with Crippen LogP contribution in [0.4, 0.5) is 0 Å². The van der Waals surface area contributed by atoms with Crippen molar-refractivity contribution in [3.05, 3.63) is 28.6 Å². The fourth-order valence-corrected chi connectivity index (χ4v) is 2.97. The molecule has 70 valence electrons. The quantitative estimate of drug-likeness (QED) is 0.728. The van der Waals surface area contributed by atoms with E-state index in [1.807, 2.05) is 11.4 Å². The molecule has 1 aromatic carbocycles. The molecule has 0 aliphatic rings. The fourth-order valence-electron chi connectivity index (χ4n) is 1.50. The van der Waals surface area contributed by atoms with Crippen molar-refractivity contribution in [1.82, 2.24) is 0 Å². The first-order valence-corrected chi connectivity index (χ1v) is 5.72. The molecule has 0 aliphatic heterocycles. The molecule has 0 N–H and O–H groups in total. The van der Waals surface area contributed by atoms with Gasteiger partial charge in [0.15, 0.2) is 0 Å². The first-order valence-electron chi connectivity index (χ1n) is 4.40. The number of benzene rings is 1. The van der Waals surface area contributed by atoms with Gasteiger partial charge in [0, 0.05) is 20.4 Å². The third kappa shape index (κ3) is 1.31. The van der Waals surface area contributed by atoms with E-state index in [1.165, 1.54) is 5.56 Å². The van der Waals surface area contributed by atoms with Crippen LogP contribution in [-0.4, -0.2) is 0 Å². The van der Waals surface area contributed by atoms with Gasteiger partial charge in [0.25, 0.3) is 0 Å². The molecule has 1 nitrogen and oxygen atoms in total. The largest absolute Gasteiger partial charge is 0.192 e. The van der Waals surface area contributed by atoms with Crippen molar-refractivity contribution in [3.8, 4) is 6.07 Å². The van der Waals surface area contributed by atoms with E-state index in [1.54, 1.807) is 11.3 Å². The highest BCUT2D eigenvalue weighted by molar-refractivity contribution is 7.80. The second kappa shape index (κ2) is 3.64. The SMILES string of the molecule is CCc1ccc2c(C#N)csc2c1S. The molecule has 14 heavy (non-hydrogen) atoms. The van der Waals surface area contributed by atoms with Gasteiger partial charge in [-0.05, 0) is 12.0 Å². The maximum absolute atomic E-state index is 8.87. The zero-order valence-corrected chi connectivity index (χ0v) is 9.45. The van der Waals surface area contributed by atoms with Gasteiger partial charge in [0.05, 0.1) is 5.56 Å². The summed E-state index contributed by atoms with van der Waals surface area (Å²) in [5.41, 5.74) is 2.00. The van der Waals surface area contributed by atoms with Gasteiger partial charge in [-0.1, -0.05) is 19.1 Å². The van der Waals surface area contributed by atoms with Crippen LogP contribution in [0.3, 0.4) is 0 Å². The number of nitrogens with zero attached hydrogens (tertiary/aromatic N) is 1. The Kier molecular flexibility index (Phi) is 2.49. The number of rotatable bonds is 1. The monoisotopic (exact) mass is 219 g/mol. The summed E-state index contributed by atoms with van der Waals surface area (Å²) in [6, 6.07) is 6.26. The Balaban J connectivity index is 2.80. The Morgan fingerprint density at radius 3 is 2.93 bits per heavy atom. The van der Waals surface area contributed by atoms with Crippen LogP contribution in [0.15, 0.2) is 22.4 Å². The number of fused-ring (bicyclic) bond motifs is 1. The summed E-state index contributed by atoms with van der Waals surface area (Å²) in [4.78, 5) is 1.02. The van der Waals surface area contributed by atoms with Crippen LogP contribution in [0.1, 0.15) is 18.1 Å². The van der Waals surface area contributed by atoms with Crippen molar-refractivity contribution in [2.45, 2.75) is 18.2 Å². The first kappa shape index (κ1) is 9.57. The Morgan fingerprint density at radius 2 is 2.29 bits per heavy atom. The van der Waals surface area contributed by atoms with Gasteiger partial charge in [-0.2, -0.15) is 5.26 Å². The molecule has 0 saturated heterocycles. The molecule has 1 heterocycles. The molecule has 2 rings (SSSR count). The zero-order chi connectivity index (χ0) is 10.1. The Labute approximate surface area is 92.4 Å². The summed E-state index contributed by atoms with van der Waals surface area (Å²) >= 11 is 6.09. The molecule has 0 spiro atoms. The van der Waals surface area contributed by atoms with Gasteiger partial charge in [0.2, 0.25) is 0 Å². The van der Waals surface area contributed by atoms with E-state index in [0.29, 0.717) is 0 Å². The van der Waals surface area contributed by atoms with Crippen LogP contribution in [0.5, 0.6) is 0 Å². The fraction of sp³-hybridized carbons (Fsp3) is 0.182. The topological polar surface area (TPSA) is 23.8 Å². The average Bonchev–Trinajstić information content (AvgIpc) is 2.62. The van der Waals surface area contributed by atoms with Crippen LogP contribution >= 0.6 is 24.0 Å². The predicted octanol–water partition coefficient (Wildman–Crippen LogP) is 3.62. The van der Waals surface area contributed by atoms with E-state index >= 15 is 0 Å². The van der Waals surface area contributed by atoms with Gasteiger partial charge in [-0.25, -0.2) is 0 Å². The number of aryl methyl sites for hydroxylation is 1. The van der Waals surface area contributed by atoms with Crippen LogP contribution in [-0.2, 0) is 6.42 Å². The number of nitriles is 1. The molecule has 0 aliphatic carbocycles. The summed E-state index contributed by atoms with van der Waals surface area (Å²) in [7, 11) is 0. The number of hydrogen-bond donors (Lipinski definition) is 1. The maximum Gasteiger partial charge on any atom is 0.101 e. The maximum atomic E-state index is 8.87. The third-order valence-corrected chi connectivity index (χ3v) is 3.98. The van der Waals surface area contributed by atoms with E-state index in [-0.39, 0.29) is 0 Å². The molecule has 0 saturated carbocycles. The smallest absolute Gasteiger partial charge is 0.101 e. The molecule has 1 aromatic heterocycles. The van der Waals surface area contributed by atoms with Crippen LogP contribution < -0.4 is 0 Å². The van der Waals surface area contributed by atoms with E-state index in [4.69, 9.17) is 5.26 Å². The summed E-state index contributed by atoms with van der Waals surface area (Å²) in [6.07, 6.45) is 0.981. The summed E-state index contributed by atoms with van der Waals surface area (Å²) in [6.45, 7) is 2.11. The van der Waals surface area contributed by atoms with Crippen LogP contribution in [0.25, 0.3) is 10.1 Å². The highest BCUT2D eigenvalue weighted by atomic mass is 32.1. The normalized spacial score (nSPS) is 10.4. The van der Waals surface area contributed by atoms with Gasteiger partial charge in [-0.15, -0.1) is 24.0 Å². The first-order chi connectivity index (χ1) is 6.77. The molecule has 0 amide bonds. The lowest BCUT2D eigenvalue weighted by atomic mass is 10.1. The van der Waals surface area contributed by atoms with Crippen LogP contribution in [0.2, 0.25) is 0 Å². The highest BCUT2D eigenvalue weighted by Crippen LogP contribution is 2.33. The van der Waals surface area contributed by atoms with Crippen molar-refractivity contribution in [1.29, 1.82) is 5.26 Å². The Hall–Kier alpha value is -0.980. The molecule has 2 aromatic rings.